The van der Waals surface area contributed by atoms with Crippen molar-refractivity contribution in [1.82, 2.24) is 4.90 Å². The number of rotatable bonds is 6. The van der Waals surface area contributed by atoms with Crippen molar-refractivity contribution < 1.29 is 9.53 Å². The molecule has 4 nitrogen and oxygen atoms in total. The number of benzene rings is 2. The molecule has 1 amide bonds. The van der Waals surface area contributed by atoms with E-state index in [0.717, 1.165) is 16.3 Å². The molecule has 0 aliphatic carbocycles. The van der Waals surface area contributed by atoms with Crippen molar-refractivity contribution in [3.63, 3.8) is 0 Å². The molecule has 0 saturated carbocycles. The first-order valence-electron chi connectivity index (χ1n) is 8.21. The SMILES string of the molecule is CCOc1ccc2ccccc2c1/C=C(\C#N)C(=O)N(CC)CC. The third-order valence-electron chi connectivity index (χ3n) is 3.92. The van der Waals surface area contributed by atoms with Crippen molar-refractivity contribution in [2.75, 3.05) is 19.7 Å². The number of fused-ring (bicyclic) bond motifs is 1. The van der Waals surface area contributed by atoms with Gasteiger partial charge in [0.25, 0.3) is 5.91 Å². The normalized spacial score (nSPS) is 11.2. The summed E-state index contributed by atoms with van der Waals surface area (Å²) in [5, 5.41) is 11.5. The third kappa shape index (κ3) is 3.57. The highest BCUT2D eigenvalue weighted by molar-refractivity contribution is 6.05. The summed E-state index contributed by atoms with van der Waals surface area (Å²) >= 11 is 0. The Balaban J connectivity index is 2.62. The molecular formula is C20H22N2O2. The summed E-state index contributed by atoms with van der Waals surface area (Å²) in [4.78, 5) is 14.2. The van der Waals surface area contributed by atoms with Gasteiger partial charge < -0.3 is 9.64 Å². The van der Waals surface area contributed by atoms with Crippen molar-refractivity contribution in [1.29, 1.82) is 5.26 Å². The molecule has 0 N–H and O–H groups in total. The largest absolute Gasteiger partial charge is 0.493 e. The van der Waals surface area contributed by atoms with Gasteiger partial charge in [-0.2, -0.15) is 5.26 Å². The zero-order valence-electron chi connectivity index (χ0n) is 14.4. The Kier molecular flexibility index (Phi) is 5.97. The molecule has 0 radical (unpaired) electrons. The maximum absolute atomic E-state index is 12.5. The van der Waals surface area contributed by atoms with Gasteiger partial charge in [-0.15, -0.1) is 0 Å². The standard InChI is InChI=1S/C20H22N2O2/c1-4-22(5-2)20(23)16(14-21)13-18-17-10-8-7-9-15(17)11-12-19(18)24-6-3/h7-13H,4-6H2,1-3H3/b16-13+. The Bertz CT molecular complexity index is 799. The molecule has 0 fully saturated rings. The van der Waals surface area contributed by atoms with Crippen LogP contribution >= 0.6 is 0 Å². The molecule has 2 aromatic rings. The Morgan fingerprint density at radius 3 is 2.50 bits per heavy atom. The molecular weight excluding hydrogens is 300 g/mol. The minimum absolute atomic E-state index is 0.121. The van der Waals surface area contributed by atoms with Crippen LogP contribution in [0.3, 0.4) is 0 Å². The van der Waals surface area contributed by atoms with E-state index in [1.54, 1.807) is 11.0 Å². The van der Waals surface area contributed by atoms with Crippen molar-refractivity contribution in [2.45, 2.75) is 20.8 Å². The van der Waals surface area contributed by atoms with Crippen LogP contribution in [0.15, 0.2) is 42.0 Å². The number of hydrogen-bond donors (Lipinski definition) is 0. The molecule has 0 aliphatic heterocycles. The highest BCUT2D eigenvalue weighted by Gasteiger charge is 2.17. The van der Waals surface area contributed by atoms with Crippen LogP contribution in [0, 0.1) is 11.3 Å². The van der Waals surface area contributed by atoms with Gasteiger partial charge in [0.2, 0.25) is 0 Å². The number of carbonyl (C=O) groups is 1. The topological polar surface area (TPSA) is 53.3 Å². The molecule has 0 unspecified atom stereocenters. The van der Waals surface area contributed by atoms with Crippen molar-refractivity contribution in [3.05, 3.63) is 47.5 Å². The predicted molar refractivity (Wildman–Crippen MR) is 96.6 cm³/mol. The molecule has 0 aliphatic rings. The van der Waals surface area contributed by atoms with Crippen molar-refractivity contribution in [2.24, 2.45) is 0 Å². The summed E-state index contributed by atoms with van der Waals surface area (Å²) in [6.45, 7) is 7.38. The maximum Gasteiger partial charge on any atom is 0.264 e. The molecule has 2 aromatic carbocycles. The maximum atomic E-state index is 12.5. The smallest absolute Gasteiger partial charge is 0.264 e. The molecule has 4 heteroatoms. The number of likely N-dealkylation sites (N-methyl/N-ethyl adjacent to an activating group) is 1. The summed E-state index contributed by atoms with van der Waals surface area (Å²) in [7, 11) is 0. The third-order valence-corrected chi connectivity index (χ3v) is 3.92. The Labute approximate surface area is 143 Å². The predicted octanol–water partition coefficient (Wildman–Crippen LogP) is 4.01. The molecule has 124 valence electrons. The monoisotopic (exact) mass is 322 g/mol. The van der Waals surface area contributed by atoms with E-state index >= 15 is 0 Å². The van der Waals surface area contributed by atoms with Crippen molar-refractivity contribution in [3.8, 4) is 11.8 Å². The fourth-order valence-electron chi connectivity index (χ4n) is 2.67. The second kappa shape index (κ2) is 8.16. The molecule has 2 rings (SSSR count). The van der Waals surface area contributed by atoms with Crippen LogP contribution in [0.5, 0.6) is 5.75 Å². The molecule has 0 atom stereocenters. The average Bonchev–Trinajstić information content (AvgIpc) is 2.61. The van der Waals surface area contributed by atoms with Crippen LogP contribution in [0.2, 0.25) is 0 Å². The summed E-state index contributed by atoms with van der Waals surface area (Å²) < 4.78 is 5.70. The molecule has 0 heterocycles. The number of amides is 1. The summed E-state index contributed by atoms with van der Waals surface area (Å²) in [6, 6.07) is 13.8. The Morgan fingerprint density at radius 1 is 1.17 bits per heavy atom. The number of ether oxygens (including phenoxy) is 1. The van der Waals surface area contributed by atoms with Gasteiger partial charge >= 0.3 is 0 Å². The number of hydrogen-bond acceptors (Lipinski definition) is 3. The van der Waals surface area contributed by atoms with Gasteiger partial charge in [0.15, 0.2) is 0 Å². The van der Waals surface area contributed by atoms with Crippen molar-refractivity contribution >= 4 is 22.8 Å². The fraction of sp³-hybridized carbons (Fsp3) is 0.300. The van der Waals surface area contributed by atoms with E-state index in [4.69, 9.17) is 4.74 Å². The Morgan fingerprint density at radius 2 is 1.88 bits per heavy atom. The van der Waals surface area contributed by atoms with E-state index in [2.05, 4.69) is 0 Å². The lowest BCUT2D eigenvalue weighted by Gasteiger charge is -2.18. The van der Waals surface area contributed by atoms with E-state index in [1.165, 1.54) is 0 Å². The van der Waals surface area contributed by atoms with E-state index in [9.17, 15) is 10.1 Å². The van der Waals surface area contributed by atoms with Crippen LogP contribution in [0.4, 0.5) is 0 Å². The van der Waals surface area contributed by atoms with E-state index < -0.39 is 0 Å². The number of nitrogens with zero attached hydrogens (tertiary/aromatic N) is 2. The minimum atomic E-state index is -0.252. The van der Waals surface area contributed by atoms with Crippen LogP contribution in [-0.2, 0) is 4.79 Å². The number of carbonyl (C=O) groups excluding carboxylic acids is 1. The highest BCUT2D eigenvalue weighted by Crippen LogP contribution is 2.30. The molecule has 0 bridgehead atoms. The lowest BCUT2D eigenvalue weighted by molar-refractivity contribution is -0.126. The van der Waals surface area contributed by atoms with Crippen LogP contribution in [0.25, 0.3) is 16.8 Å². The number of nitriles is 1. The zero-order valence-corrected chi connectivity index (χ0v) is 14.4. The van der Waals surface area contributed by atoms with Gasteiger partial charge in [0, 0.05) is 18.7 Å². The first-order chi connectivity index (χ1) is 11.7. The lowest BCUT2D eigenvalue weighted by Crippen LogP contribution is -2.31. The summed E-state index contributed by atoms with van der Waals surface area (Å²) in [5.74, 6) is 0.425. The molecule has 0 saturated heterocycles. The lowest BCUT2D eigenvalue weighted by atomic mass is 10.0. The second-order valence-electron chi connectivity index (χ2n) is 5.28. The van der Waals surface area contributed by atoms with Gasteiger partial charge in [-0.05, 0) is 43.7 Å². The summed E-state index contributed by atoms with van der Waals surface area (Å²) in [6.07, 6.45) is 1.65. The van der Waals surface area contributed by atoms with Gasteiger partial charge in [0.1, 0.15) is 17.4 Å². The van der Waals surface area contributed by atoms with Gasteiger partial charge in [-0.3, -0.25) is 4.79 Å². The molecule has 24 heavy (non-hydrogen) atoms. The van der Waals surface area contributed by atoms with E-state index in [0.29, 0.717) is 25.4 Å². The second-order valence-corrected chi connectivity index (χ2v) is 5.28. The van der Waals surface area contributed by atoms with Gasteiger partial charge in [-0.25, -0.2) is 0 Å². The van der Waals surface area contributed by atoms with Crippen LogP contribution in [-0.4, -0.2) is 30.5 Å². The fourth-order valence-corrected chi connectivity index (χ4v) is 2.67. The first-order valence-corrected chi connectivity index (χ1v) is 8.21. The molecule has 0 spiro atoms. The van der Waals surface area contributed by atoms with E-state index in [1.807, 2.05) is 63.2 Å². The first kappa shape index (κ1) is 17.6. The zero-order chi connectivity index (χ0) is 17.5. The van der Waals surface area contributed by atoms with Crippen LogP contribution < -0.4 is 4.74 Å². The average molecular weight is 322 g/mol. The molecule has 0 aromatic heterocycles. The highest BCUT2D eigenvalue weighted by atomic mass is 16.5. The minimum Gasteiger partial charge on any atom is -0.493 e. The summed E-state index contributed by atoms with van der Waals surface area (Å²) in [5.41, 5.74) is 0.892. The quantitative estimate of drug-likeness (QED) is 0.596. The Hall–Kier alpha value is -2.80. The van der Waals surface area contributed by atoms with Gasteiger partial charge in [0.05, 0.1) is 6.61 Å². The van der Waals surface area contributed by atoms with Gasteiger partial charge in [-0.1, -0.05) is 30.3 Å². The van der Waals surface area contributed by atoms with E-state index in [-0.39, 0.29) is 11.5 Å². The van der Waals surface area contributed by atoms with Crippen LogP contribution in [0.1, 0.15) is 26.3 Å².